The molecule has 6 heteroatoms. The summed E-state index contributed by atoms with van der Waals surface area (Å²) >= 11 is 0. The van der Waals surface area contributed by atoms with Crippen molar-refractivity contribution in [3.8, 4) is 12.1 Å². The van der Waals surface area contributed by atoms with Gasteiger partial charge >= 0.3 is 0 Å². The third-order valence-corrected chi connectivity index (χ3v) is 2.16. The number of carbonyl (C=O) groups is 1. The highest BCUT2D eigenvalue weighted by Crippen LogP contribution is 2.28. The predicted octanol–water partition coefficient (Wildman–Crippen LogP) is 0.522. The summed E-state index contributed by atoms with van der Waals surface area (Å²) in [6, 6.07) is 3.19. The number of Topliss-reactive ketones (excluding diaryl/α,β-unsaturated/α-hetero) is 1. The quantitative estimate of drug-likeness (QED) is 0.480. The smallest absolute Gasteiger partial charge is 0.218 e. The summed E-state index contributed by atoms with van der Waals surface area (Å²) in [5.41, 5.74) is -1.52. The molecule has 0 aliphatic carbocycles. The molecule has 0 fully saturated rings. The van der Waals surface area contributed by atoms with Gasteiger partial charge in [0.15, 0.2) is 5.92 Å². The standard InChI is InChI=1S/C8H9N3O3/c1-6(12)8(2,5-11(13)14)7(3-9)4-10/h7H,5H2,1-2H3. The van der Waals surface area contributed by atoms with Gasteiger partial charge in [0.05, 0.1) is 12.1 Å². The van der Waals surface area contributed by atoms with E-state index in [1.54, 1.807) is 12.1 Å². The maximum Gasteiger partial charge on any atom is 0.218 e. The van der Waals surface area contributed by atoms with Crippen molar-refractivity contribution >= 4 is 5.78 Å². The summed E-state index contributed by atoms with van der Waals surface area (Å²) in [5, 5.41) is 27.4. The first kappa shape index (κ1) is 12.0. The zero-order valence-corrected chi connectivity index (χ0v) is 7.85. The topological polar surface area (TPSA) is 108 Å². The zero-order valence-electron chi connectivity index (χ0n) is 7.85. The number of hydrogen-bond donors (Lipinski definition) is 0. The van der Waals surface area contributed by atoms with Crippen molar-refractivity contribution in [3.05, 3.63) is 10.1 Å². The number of ketones is 1. The maximum absolute atomic E-state index is 11.2. The minimum atomic E-state index is -1.52. The summed E-state index contributed by atoms with van der Waals surface area (Å²) in [5.74, 6) is -1.81. The van der Waals surface area contributed by atoms with Crippen LogP contribution >= 0.6 is 0 Å². The second-order valence-electron chi connectivity index (χ2n) is 3.16. The van der Waals surface area contributed by atoms with Crippen LogP contribution < -0.4 is 0 Å². The van der Waals surface area contributed by atoms with Crippen LogP contribution in [0.5, 0.6) is 0 Å². The van der Waals surface area contributed by atoms with E-state index in [1.165, 1.54) is 6.92 Å². The second kappa shape index (κ2) is 4.33. The van der Waals surface area contributed by atoms with E-state index in [4.69, 9.17) is 10.5 Å². The van der Waals surface area contributed by atoms with Crippen LogP contribution in [-0.4, -0.2) is 17.3 Å². The van der Waals surface area contributed by atoms with Gasteiger partial charge in [-0.25, -0.2) is 0 Å². The third-order valence-electron chi connectivity index (χ3n) is 2.16. The van der Waals surface area contributed by atoms with Gasteiger partial charge in [0.2, 0.25) is 6.54 Å². The van der Waals surface area contributed by atoms with Crippen molar-refractivity contribution < 1.29 is 9.72 Å². The van der Waals surface area contributed by atoms with Gasteiger partial charge in [-0.2, -0.15) is 10.5 Å². The first-order valence-corrected chi connectivity index (χ1v) is 3.80. The van der Waals surface area contributed by atoms with E-state index < -0.39 is 28.6 Å². The summed E-state index contributed by atoms with van der Waals surface area (Å²) in [4.78, 5) is 20.8. The lowest BCUT2D eigenvalue weighted by Crippen LogP contribution is -2.39. The maximum atomic E-state index is 11.2. The Hall–Kier alpha value is -1.95. The third kappa shape index (κ3) is 2.27. The van der Waals surface area contributed by atoms with Crippen LogP contribution in [0.15, 0.2) is 0 Å². The van der Waals surface area contributed by atoms with Crippen molar-refractivity contribution in [2.24, 2.45) is 11.3 Å². The number of rotatable bonds is 4. The van der Waals surface area contributed by atoms with Crippen molar-refractivity contribution in [3.63, 3.8) is 0 Å². The summed E-state index contributed by atoms with van der Waals surface area (Å²) in [7, 11) is 0. The average Bonchev–Trinajstić information content (AvgIpc) is 2.04. The lowest BCUT2D eigenvalue weighted by atomic mass is 9.75. The molecule has 1 unspecified atom stereocenters. The van der Waals surface area contributed by atoms with Gasteiger partial charge in [-0.1, -0.05) is 0 Å². The SMILES string of the molecule is CC(=O)C(C)(C[N+](=O)[O-])C(C#N)C#N. The first-order valence-electron chi connectivity index (χ1n) is 3.80. The minimum absolute atomic E-state index is 0.526. The fourth-order valence-corrected chi connectivity index (χ4v) is 0.988. The van der Waals surface area contributed by atoms with Crippen LogP contribution in [0.3, 0.4) is 0 Å². The van der Waals surface area contributed by atoms with E-state index >= 15 is 0 Å². The minimum Gasteiger partial charge on any atom is -0.299 e. The molecule has 0 aliphatic rings. The molecule has 0 rings (SSSR count). The second-order valence-corrected chi connectivity index (χ2v) is 3.16. The molecule has 0 heterocycles. The van der Waals surface area contributed by atoms with Crippen LogP contribution in [0.1, 0.15) is 13.8 Å². The van der Waals surface area contributed by atoms with Crippen molar-refractivity contribution in [2.75, 3.05) is 6.54 Å². The summed E-state index contributed by atoms with van der Waals surface area (Å²) in [6.07, 6.45) is 0. The molecule has 14 heavy (non-hydrogen) atoms. The molecule has 1 atom stereocenters. The Balaban J connectivity index is 5.12. The molecule has 0 radical (unpaired) electrons. The molecule has 0 aromatic heterocycles. The molecule has 0 N–H and O–H groups in total. The lowest BCUT2D eigenvalue weighted by Gasteiger charge is -2.22. The number of hydrogen-bond acceptors (Lipinski definition) is 5. The Morgan fingerprint density at radius 3 is 2.21 bits per heavy atom. The highest BCUT2D eigenvalue weighted by molar-refractivity contribution is 5.83. The van der Waals surface area contributed by atoms with E-state index in [-0.39, 0.29) is 0 Å². The Labute approximate surface area is 80.9 Å². The molecule has 6 nitrogen and oxygen atoms in total. The molecule has 0 saturated heterocycles. The number of nitro groups is 1. The van der Waals surface area contributed by atoms with Gasteiger partial charge in [0.1, 0.15) is 11.2 Å². The van der Waals surface area contributed by atoms with E-state index in [0.29, 0.717) is 0 Å². The zero-order chi connectivity index (χ0) is 11.4. The van der Waals surface area contributed by atoms with Crippen LogP contribution in [-0.2, 0) is 4.79 Å². The van der Waals surface area contributed by atoms with Crippen LogP contribution in [0.2, 0.25) is 0 Å². The number of nitrogens with zero attached hydrogens (tertiary/aromatic N) is 3. The highest BCUT2D eigenvalue weighted by Gasteiger charge is 2.44. The molecular weight excluding hydrogens is 186 g/mol. The van der Waals surface area contributed by atoms with Gasteiger partial charge in [-0.3, -0.25) is 14.9 Å². The summed E-state index contributed by atoms with van der Waals surface area (Å²) < 4.78 is 0. The van der Waals surface area contributed by atoms with Crippen molar-refractivity contribution in [2.45, 2.75) is 13.8 Å². The number of carbonyl (C=O) groups excluding carboxylic acids is 1. The Morgan fingerprint density at radius 2 is 2.00 bits per heavy atom. The fourth-order valence-electron chi connectivity index (χ4n) is 0.988. The predicted molar refractivity (Wildman–Crippen MR) is 45.4 cm³/mol. The van der Waals surface area contributed by atoms with Gasteiger partial charge in [0.25, 0.3) is 0 Å². The molecule has 0 spiro atoms. The Bertz CT molecular complexity index is 325. The Kier molecular flexibility index (Phi) is 3.73. The van der Waals surface area contributed by atoms with Crippen LogP contribution in [0.25, 0.3) is 0 Å². The van der Waals surface area contributed by atoms with E-state index in [2.05, 4.69) is 0 Å². The molecule has 0 aliphatic heterocycles. The largest absolute Gasteiger partial charge is 0.299 e. The molecular formula is C8H9N3O3. The van der Waals surface area contributed by atoms with Crippen LogP contribution in [0, 0.1) is 44.1 Å². The average molecular weight is 195 g/mol. The van der Waals surface area contributed by atoms with E-state index in [0.717, 1.165) is 6.92 Å². The van der Waals surface area contributed by atoms with Crippen molar-refractivity contribution in [1.29, 1.82) is 10.5 Å². The molecule has 0 aromatic rings. The van der Waals surface area contributed by atoms with Crippen molar-refractivity contribution in [1.82, 2.24) is 0 Å². The molecule has 74 valence electrons. The molecule has 0 bridgehead atoms. The molecule has 0 saturated carbocycles. The van der Waals surface area contributed by atoms with Crippen LogP contribution in [0.4, 0.5) is 0 Å². The van der Waals surface area contributed by atoms with E-state index in [9.17, 15) is 14.9 Å². The molecule has 0 aromatic carbocycles. The first-order chi connectivity index (χ1) is 6.38. The number of nitriles is 2. The Morgan fingerprint density at radius 1 is 1.57 bits per heavy atom. The van der Waals surface area contributed by atoms with E-state index in [1.807, 2.05) is 0 Å². The van der Waals surface area contributed by atoms with Gasteiger partial charge in [-0.15, -0.1) is 0 Å². The highest BCUT2D eigenvalue weighted by atomic mass is 16.6. The van der Waals surface area contributed by atoms with Gasteiger partial charge in [0, 0.05) is 4.92 Å². The fraction of sp³-hybridized carbons (Fsp3) is 0.625. The van der Waals surface area contributed by atoms with Gasteiger partial charge < -0.3 is 0 Å². The lowest BCUT2D eigenvalue weighted by molar-refractivity contribution is -0.494. The monoisotopic (exact) mass is 195 g/mol. The summed E-state index contributed by atoms with van der Waals surface area (Å²) in [6.45, 7) is 1.70. The van der Waals surface area contributed by atoms with Gasteiger partial charge in [-0.05, 0) is 13.8 Å². The normalized spacial score (nSPS) is 13.8. The molecule has 0 amide bonds.